The maximum Gasteiger partial charge on any atom is 0.343 e. The summed E-state index contributed by atoms with van der Waals surface area (Å²) in [6, 6.07) is 62.8. The Labute approximate surface area is 609 Å². The number of ether oxygens (including phenoxy) is 14. The Kier molecular flexibility index (Phi) is 32.0. The van der Waals surface area contributed by atoms with Crippen molar-refractivity contribution < 1.29 is 105 Å². The van der Waals surface area contributed by atoms with Gasteiger partial charge in [0.15, 0.2) is 0 Å². The number of hydrogen-bond acceptors (Lipinski definition) is 24. The molecule has 0 amide bonds. The molecule has 538 valence electrons. The maximum atomic E-state index is 12.5. The molecule has 0 spiro atoms. The van der Waals surface area contributed by atoms with E-state index in [9.17, 15) is 38.4 Å². The fourth-order valence-electron chi connectivity index (χ4n) is 8.13. The largest absolute Gasteiger partial charge is 0.457 e. The van der Waals surface area contributed by atoms with E-state index >= 15 is 0 Å². The van der Waals surface area contributed by atoms with Crippen molar-refractivity contribution in [3.63, 3.8) is 0 Å². The summed E-state index contributed by atoms with van der Waals surface area (Å²) in [4.78, 5) is 99.8. The van der Waals surface area contributed by atoms with Crippen LogP contribution in [0, 0.1) is 0 Å². The number of carbonyl (C=O) groups excluding carboxylic acids is 8. The molecule has 24 nitrogen and oxygen atoms in total. The monoisotopic (exact) mass is 1430 g/mol. The Bertz CT molecular complexity index is 4420. The molecule has 0 aliphatic carbocycles. The summed E-state index contributed by atoms with van der Waals surface area (Å²) in [5.41, 5.74) is 7.69. The molecule has 0 atom stereocenters. The zero-order chi connectivity index (χ0) is 75.7. The normalized spacial score (nSPS) is 10.2. The van der Waals surface area contributed by atoms with Gasteiger partial charge in [-0.3, -0.25) is 9.98 Å². The first-order valence-electron chi connectivity index (χ1n) is 31.5. The third kappa shape index (κ3) is 28.2. The minimum absolute atomic E-state index is 0.179. The molecule has 24 heteroatoms. The van der Waals surface area contributed by atoms with Crippen molar-refractivity contribution in [3.8, 4) is 68.2 Å². The number of nitrogens with zero attached hydrogens (tertiary/aromatic N) is 2. The van der Waals surface area contributed by atoms with Crippen molar-refractivity contribution in [2.45, 2.75) is 0 Å². The Hall–Kier alpha value is -14.7. The molecule has 0 unspecified atom stereocenters. The third-order valence-electron chi connectivity index (χ3n) is 13.6. The van der Waals surface area contributed by atoms with E-state index in [1.165, 1.54) is 0 Å². The lowest BCUT2D eigenvalue weighted by Crippen LogP contribution is -2.09. The highest BCUT2D eigenvalue weighted by atomic mass is 16.7. The van der Waals surface area contributed by atoms with E-state index in [1.807, 2.05) is 84.9 Å². The molecule has 0 saturated heterocycles. The second kappa shape index (κ2) is 43.1. The molecule has 106 heavy (non-hydrogen) atoms. The molecule has 0 aliphatic rings. The maximum absolute atomic E-state index is 12.5. The predicted molar refractivity (Wildman–Crippen MR) is 391 cm³/mol. The van der Waals surface area contributed by atoms with Crippen LogP contribution in [0.3, 0.4) is 0 Å². The van der Waals surface area contributed by atoms with Crippen LogP contribution < -0.4 is 37.9 Å². The second-order valence-corrected chi connectivity index (χ2v) is 20.7. The van der Waals surface area contributed by atoms with E-state index in [-0.39, 0.29) is 40.8 Å². The van der Waals surface area contributed by atoms with Gasteiger partial charge in [0.25, 0.3) is 0 Å². The van der Waals surface area contributed by atoms with E-state index in [0.29, 0.717) is 57.1 Å². The van der Waals surface area contributed by atoms with Gasteiger partial charge < -0.3 is 66.3 Å². The van der Waals surface area contributed by atoms with Crippen LogP contribution >= 0.6 is 0 Å². The molecule has 0 bridgehead atoms. The van der Waals surface area contributed by atoms with Crippen LogP contribution in [0.2, 0.25) is 0 Å². The fraction of sp³-hybridized carbons (Fsp3) is 0.0732. The summed E-state index contributed by atoms with van der Waals surface area (Å²) in [5.74, 6) is -0.586. The molecule has 0 radical (unpaired) electrons. The summed E-state index contributed by atoms with van der Waals surface area (Å²) in [5, 5.41) is 0. The molecule has 0 N–H and O–H groups in total. The van der Waals surface area contributed by atoms with E-state index in [2.05, 4.69) is 49.5 Å². The number of aliphatic imine (C=N–C) groups is 2. The predicted octanol–water partition coefficient (Wildman–Crippen LogP) is 14.7. The lowest BCUT2D eigenvalue weighted by atomic mass is 10.0. The molecule has 9 aromatic rings. The summed E-state index contributed by atoms with van der Waals surface area (Å²) >= 11 is 0. The molecule has 0 aliphatic heterocycles. The minimum atomic E-state index is -0.592. The first-order chi connectivity index (χ1) is 51.5. The molecule has 0 heterocycles. The van der Waals surface area contributed by atoms with Crippen LogP contribution in [0.5, 0.6) is 46.0 Å². The first kappa shape index (κ1) is 78.7. The van der Waals surface area contributed by atoms with Gasteiger partial charge in [-0.15, -0.1) is 0 Å². The summed E-state index contributed by atoms with van der Waals surface area (Å²) in [6.45, 7) is 18.6. The number of esters is 8. The quantitative estimate of drug-likeness (QED) is 0.00904. The van der Waals surface area contributed by atoms with Crippen molar-refractivity contribution in [2.75, 3.05) is 40.8 Å². The van der Waals surface area contributed by atoms with Crippen molar-refractivity contribution in [3.05, 3.63) is 317 Å². The Morgan fingerprint density at radius 1 is 0.245 bits per heavy atom. The minimum Gasteiger partial charge on any atom is -0.457 e. The van der Waals surface area contributed by atoms with Gasteiger partial charge >= 0.3 is 47.8 Å². The Morgan fingerprint density at radius 3 is 0.679 bits per heavy atom. The lowest BCUT2D eigenvalue weighted by molar-refractivity contribution is -0.145. The summed E-state index contributed by atoms with van der Waals surface area (Å²) in [6.07, 6.45) is 9.83. The van der Waals surface area contributed by atoms with Crippen molar-refractivity contribution in [1.82, 2.24) is 0 Å². The van der Waals surface area contributed by atoms with Crippen LogP contribution in [0.4, 0.5) is 11.4 Å². The summed E-state index contributed by atoms with van der Waals surface area (Å²) in [7, 11) is 0. The van der Waals surface area contributed by atoms with Crippen molar-refractivity contribution in [2.24, 2.45) is 9.98 Å². The highest BCUT2D eigenvalue weighted by Crippen LogP contribution is 2.28. The average molecular weight is 1430 g/mol. The Balaban J connectivity index is 0.000000222. The molecule has 0 fully saturated rings. The number of benzene rings is 9. The molecule has 9 rings (SSSR count). The van der Waals surface area contributed by atoms with Gasteiger partial charge in [-0.05, 0) is 203 Å². The van der Waals surface area contributed by atoms with Gasteiger partial charge in [-0.1, -0.05) is 88.0 Å². The first-order valence-corrected chi connectivity index (χ1v) is 31.5. The van der Waals surface area contributed by atoms with Crippen molar-refractivity contribution in [1.29, 1.82) is 0 Å². The van der Waals surface area contributed by atoms with Crippen LogP contribution in [0.1, 0.15) is 31.8 Å². The van der Waals surface area contributed by atoms with E-state index < -0.39 is 47.8 Å². The van der Waals surface area contributed by atoms with Crippen LogP contribution in [0.15, 0.2) is 304 Å². The SMILES string of the molecule is C=CC(=O)OCOc1ccc(C(=O)Oc2ccc(-c3ccc(OCOC(=O)C=C)cc3)cc2)cc1.C=CC(=O)OCOc1ccc(C=Nc2ccc(N=Cc3ccc(OCOC(=O)C=C)cc3)cc2)cc1.C=CC(=O)OCOc1ccc(OC(=O)c2ccc(-c3ccc(OCOC(=O)C=C)cc3)cc2)cc1. The average Bonchev–Trinajstić information content (AvgIpc) is 0.849. The van der Waals surface area contributed by atoms with Crippen LogP contribution in [-0.2, 0) is 57.2 Å². The standard InChI is InChI=1S/C28H24N2O6.2C27H22O8/c1-3-27(31)35-19-33-25-13-5-21(6-14-25)17-29-23-9-11-24(12-10-23)30-18-22-7-15-26(16-8-22)34-20-36-28(32)4-2;1-3-25(28)33-17-31-22-11-5-19(6-12-22)20-7-15-24(16-8-20)35-27(30)21-9-13-23(14-10-21)32-18-34-26(29)4-2;1-3-25(28)33-17-31-22-11-9-20(10-12-22)19-5-7-21(8-6-19)27(30)35-24-15-13-23(14-16-24)32-18-34-26(29)4-2/h3-18H,1-2,19-20H2;2*3-16H,1-2,17-18H2. The lowest BCUT2D eigenvalue weighted by Gasteiger charge is -2.09. The molecular weight excluding hydrogens is 1360 g/mol. The molecule has 0 aromatic heterocycles. The van der Waals surface area contributed by atoms with Gasteiger partial charge in [-0.2, -0.15) is 0 Å². The van der Waals surface area contributed by atoms with Gasteiger partial charge in [0.2, 0.25) is 40.8 Å². The van der Waals surface area contributed by atoms with Gasteiger partial charge in [-0.25, -0.2) is 38.4 Å². The van der Waals surface area contributed by atoms with E-state index in [0.717, 1.165) is 81.2 Å². The third-order valence-corrected chi connectivity index (χ3v) is 13.6. The molecule has 9 aromatic carbocycles. The topological polar surface area (TPSA) is 290 Å². The summed E-state index contributed by atoms with van der Waals surface area (Å²) < 4.78 is 71.2. The second-order valence-electron chi connectivity index (χ2n) is 20.7. The van der Waals surface area contributed by atoms with Gasteiger partial charge in [0.05, 0.1) is 22.5 Å². The van der Waals surface area contributed by atoms with E-state index in [1.54, 1.807) is 146 Å². The number of hydrogen-bond donors (Lipinski definition) is 0. The molecular formula is C82H68N2O22. The Morgan fingerprint density at radius 2 is 0.434 bits per heavy atom. The van der Waals surface area contributed by atoms with E-state index in [4.69, 9.17) is 66.3 Å². The smallest absolute Gasteiger partial charge is 0.343 e. The highest BCUT2D eigenvalue weighted by Gasteiger charge is 2.13. The van der Waals surface area contributed by atoms with Crippen LogP contribution in [0.25, 0.3) is 22.3 Å². The van der Waals surface area contributed by atoms with Gasteiger partial charge in [0, 0.05) is 48.9 Å². The highest BCUT2D eigenvalue weighted by molar-refractivity contribution is 5.93. The van der Waals surface area contributed by atoms with Crippen molar-refractivity contribution >= 4 is 71.6 Å². The fourth-order valence-corrected chi connectivity index (χ4v) is 8.13. The van der Waals surface area contributed by atoms with Crippen LogP contribution in [-0.4, -0.2) is 101 Å². The molecule has 0 saturated carbocycles. The number of rotatable bonds is 34. The zero-order valence-corrected chi connectivity index (χ0v) is 56.8. The zero-order valence-electron chi connectivity index (χ0n) is 56.8. The van der Waals surface area contributed by atoms with Gasteiger partial charge in [0.1, 0.15) is 46.0 Å². The number of carbonyl (C=O) groups is 8.